The van der Waals surface area contributed by atoms with Crippen LogP contribution < -0.4 is 5.32 Å². The van der Waals surface area contributed by atoms with Crippen molar-refractivity contribution in [2.75, 3.05) is 6.54 Å². The number of nitrogens with one attached hydrogen (secondary N) is 1. The number of aromatic nitrogens is 4. The second-order valence-corrected chi connectivity index (χ2v) is 6.96. The zero-order chi connectivity index (χ0) is 18.6. The van der Waals surface area contributed by atoms with Gasteiger partial charge in [-0.25, -0.2) is 4.98 Å². The van der Waals surface area contributed by atoms with Crippen LogP contribution in [0.1, 0.15) is 48.0 Å². The standard InChI is InChI=1S/C21H23N5O/c1-15-14-17(21(27)23-13-11-16-6-3-2-4-7-16)9-10-19(15)26-20-18(24-25-26)8-5-12-22-20/h5-6,8-10,12,14H,2-4,7,11,13H2,1H3,(H,23,27). The number of fused-ring (bicyclic) bond motifs is 1. The van der Waals surface area contributed by atoms with Crippen LogP contribution in [-0.2, 0) is 0 Å². The Morgan fingerprint density at radius 2 is 2.19 bits per heavy atom. The van der Waals surface area contributed by atoms with Gasteiger partial charge in [0.15, 0.2) is 5.65 Å². The molecule has 0 bridgehead atoms. The van der Waals surface area contributed by atoms with Crippen LogP contribution in [-0.4, -0.2) is 32.4 Å². The number of hydrogen-bond acceptors (Lipinski definition) is 4. The number of benzene rings is 1. The van der Waals surface area contributed by atoms with Crippen LogP contribution in [0.5, 0.6) is 0 Å². The molecule has 0 saturated carbocycles. The molecule has 1 aliphatic carbocycles. The van der Waals surface area contributed by atoms with E-state index in [1.54, 1.807) is 10.9 Å². The Morgan fingerprint density at radius 1 is 1.26 bits per heavy atom. The Balaban J connectivity index is 1.46. The van der Waals surface area contributed by atoms with Crippen molar-refractivity contribution in [3.8, 4) is 5.69 Å². The summed E-state index contributed by atoms with van der Waals surface area (Å²) in [5, 5.41) is 11.4. The van der Waals surface area contributed by atoms with Gasteiger partial charge in [0.05, 0.1) is 5.69 Å². The van der Waals surface area contributed by atoms with Crippen LogP contribution in [0.25, 0.3) is 16.9 Å². The lowest BCUT2D eigenvalue weighted by Gasteiger charge is -2.13. The molecule has 1 aliphatic rings. The number of carbonyl (C=O) groups is 1. The average molecular weight is 361 g/mol. The predicted molar refractivity (Wildman–Crippen MR) is 105 cm³/mol. The molecule has 0 fully saturated rings. The molecule has 1 aromatic carbocycles. The highest BCUT2D eigenvalue weighted by Crippen LogP contribution is 2.20. The Bertz CT molecular complexity index is 1000. The van der Waals surface area contributed by atoms with E-state index in [1.165, 1.54) is 31.3 Å². The third-order valence-electron chi connectivity index (χ3n) is 5.01. The van der Waals surface area contributed by atoms with E-state index < -0.39 is 0 Å². The Kier molecular flexibility index (Phi) is 4.96. The van der Waals surface area contributed by atoms with Crippen molar-refractivity contribution in [1.82, 2.24) is 25.3 Å². The molecule has 138 valence electrons. The SMILES string of the molecule is Cc1cc(C(=O)NCCC2=CCCCC2)ccc1-n1nnc2cccnc21. The molecule has 0 radical (unpaired) electrons. The molecule has 2 heterocycles. The van der Waals surface area contributed by atoms with Gasteiger partial charge in [0, 0.05) is 18.3 Å². The van der Waals surface area contributed by atoms with Crippen LogP contribution in [0.2, 0.25) is 0 Å². The summed E-state index contributed by atoms with van der Waals surface area (Å²) in [6.07, 6.45) is 9.90. The lowest BCUT2D eigenvalue weighted by Crippen LogP contribution is -2.25. The Labute approximate surface area is 158 Å². The third-order valence-corrected chi connectivity index (χ3v) is 5.01. The molecule has 6 heteroatoms. The minimum atomic E-state index is -0.0392. The highest BCUT2D eigenvalue weighted by Gasteiger charge is 2.13. The summed E-state index contributed by atoms with van der Waals surface area (Å²) in [5.41, 5.74) is 5.41. The molecular formula is C21H23N5O. The average Bonchev–Trinajstić information content (AvgIpc) is 3.12. The first-order valence-electron chi connectivity index (χ1n) is 9.46. The fraction of sp³-hybridized carbons (Fsp3) is 0.333. The molecule has 0 aliphatic heterocycles. The number of aryl methyl sites for hydroxylation is 1. The van der Waals surface area contributed by atoms with Gasteiger partial charge in [-0.3, -0.25) is 4.79 Å². The fourth-order valence-electron chi connectivity index (χ4n) is 3.53. The maximum atomic E-state index is 12.5. The van der Waals surface area contributed by atoms with E-state index in [4.69, 9.17) is 0 Å². The largest absolute Gasteiger partial charge is 0.352 e. The molecule has 0 spiro atoms. The maximum Gasteiger partial charge on any atom is 0.251 e. The number of amides is 1. The summed E-state index contributed by atoms with van der Waals surface area (Å²) < 4.78 is 1.71. The van der Waals surface area contributed by atoms with Crippen molar-refractivity contribution >= 4 is 17.1 Å². The third kappa shape index (κ3) is 3.74. The normalized spacial score (nSPS) is 14.2. The molecule has 0 atom stereocenters. The van der Waals surface area contributed by atoms with Crippen LogP contribution in [0.3, 0.4) is 0 Å². The topological polar surface area (TPSA) is 72.7 Å². The van der Waals surface area contributed by atoms with Gasteiger partial charge in [-0.05, 0) is 74.9 Å². The summed E-state index contributed by atoms with van der Waals surface area (Å²) in [7, 11) is 0. The van der Waals surface area contributed by atoms with Gasteiger partial charge in [0.25, 0.3) is 5.91 Å². The van der Waals surface area contributed by atoms with Crippen molar-refractivity contribution in [2.24, 2.45) is 0 Å². The minimum absolute atomic E-state index is 0.0392. The Morgan fingerprint density at radius 3 is 3.00 bits per heavy atom. The first kappa shape index (κ1) is 17.4. The van der Waals surface area contributed by atoms with Gasteiger partial charge in [0.1, 0.15) is 5.52 Å². The molecule has 1 N–H and O–H groups in total. The van der Waals surface area contributed by atoms with Crippen LogP contribution in [0, 0.1) is 6.92 Å². The quantitative estimate of drug-likeness (QED) is 0.703. The van der Waals surface area contributed by atoms with Gasteiger partial charge in [-0.1, -0.05) is 16.9 Å². The molecule has 0 saturated heterocycles. The second-order valence-electron chi connectivity index (χ2n) is 6.96. The predicted octanol–water partition coefficient (Wildman–Crippen LogP) is 3.74. The Hall–Kier alpha value is -3.02. The van der Waals surface area contributed by atoms with Crippen molar-refractivity contribution < 1.29 is 4.79 Å². The number of nitrogens with zero attached hydrogens (tertiary/aromatic N) is 4. The first-order valence-corrected chi connectivity index (χ1v) is 9.46. The second kappa shape index (κ2) is 7.70. The van der Waals surface area contributed by atoms with E-state index in [-0.39, 0.29) is 5.91 Å². The summed E-state index contributed by atoms with van der Waals surface area (Å²) in [5.74, 6) is -0.0392. The first-order chi connectivity index (χ1) is 13.2. The maximum absolute atomic E-state index is 12.5. The minimum Gasteiger partial charge on any atom is -0.352 e. The number of hydrogen-bond donors (Lipinski definition) is 1. The zero-order valence-corrected chi connectivity index (χ0v) is 15.5. The van der Waals surface area contributed by atoms with E-state index in [9.17, 15) is 4.79 Å². The van der Waals surface area contributed by atoms with E-state index in [0.29, 0.717) is 17.8 Å². The smallest absolute Gasteiger partial charge is 0.251 e. The molecule has 0 unspecified atom stereocenters. The van der Waals surface area contributed by atoms with Crippen molar-refractivity contribution in [3.63, 3.8) is 0 Å². The number of pyridine rings is 1. The number of carbonyl (C=O) groups excluding carboxylic acids is 1. The van der Waals surface area contributed by atoms with Gasteiger partial charge >= 0.3 is 0 Å². The van der Waals surface area contributed by atoms with Gasteiger partial charge in [-0.2, -0.15) is 4.68 Å². The van der Waals surface area contributed by atoms with E-state index >= 15 is 0 Å². The number of rotatable bonds is 5. The monoisotopic (exact) mass is 361 g/mol. The lowest BCUT2D eigenvalue weighted by molar-refractivity contribution is 0.0954. The van der Waals surface area contributed by atoms with Crippen LogP contribution in [0.4, 0.5) is 0 Å². The molecule has 2 aromatic heterocycles. The van der Waals surface area contributed by atoms with Crippen LogP contribution >= 0.6 is 0 Å². The van der Waals surface area contributed by atoms with Crippen LogP contribution in [0.15, 0.2) is 48.2 Å². The van der Waals surface area contributed by atoms with Crippen molar-refractivity contribution in [3.05, 3.63) is 59.3 Å². The summed E-state index contributed by atoms with van der Waals surface area (Å²) in [4.78, 5) is 16.8. The summed E-state index contributed by atoms with van der Waals surface area (Å²) >= 11 is 0. The van der Waals surface area contributed by atoms with Crippen molar-refractivity contribution in [2.45, 2.75) is 39.0 Å². The van der Waals surface area contributed by atoms with Gasteiger partial charge in [0.2, 0.25) is 0 Å². The molecular weight excluding hydrogens is 338 g/mol. The van der Waals surface area contributed by atoms with Gasteiger partial charge < -0.3 is 5.32 Å². The zero-order valence-electron chi connectivity index (χ0n) is 15.5. The molecule has 4 rings (SSSR count). The van der Waals surface area contributed by atoms with E-state index in [2.05, 4.69) is 26.7 Å². The molecule has 1 amide bonds. The summed E-state index contributed by atoms with van der Waals surface area (Å²) in [6.45, 7) is 2.65. The summed E-state index contributed by atoms with van der Waals surface area (Å²) in [6, 6.07) is 9.33. The lowest BCUT2D eigenvalue weighted by atomic mass is 9.97. The van der Waals surface area contributed by atoms with E-state index in [0.717, 1.165) is 23.2 Å². The fourth-order valence-corrected chi connectivity index (χ4v) is 3.53. The molecule has 27 heavy (non-hydrogen) atoms. The van der Waals surface area contributed by atoms with Gasteiger partial charge in [-0.15, -0.1) is 5.10 Å². The molecule has 3 aromatic rings. The number of allylic oxidation sites excluding steroid dienone is 1. The highest BCUT2D eigenvalue weighted by atomic mass is 16.1. The highest BCUT2D eigenvalue weighted by molar-refractivity contribution is 5.94. The van der Waals surface area contributed by atoms with Crippen molar-refractivity contribution in [1.29, 1.82) is 0 Å². The van der Waals surface area contributed by atoms with E-state index in [1.807, 2.05) is 37.3 Å². The molecule has 6 nitrogen and oxygen atoms in total.